The van der Waals surface area contributed by atoms with Crippen LogP contribution in [-0.4, -0.2) is 58.8 Å². The lowest BCUT2D eigenvalue weighted by atomic mass is 10.00. The van der Waals surface area contributed by atoms with Crippen molar-refractivity contribution in [2.75, 3.05) is 39.5 Å². The molecule has 2 aromatic rings. The number of hydrogen-bond acceptors (Lipinski definition) is 4. The number of sulfone groups is 1. The summed E-state index contributed by atoms with van der Waals surface area (Å²) in [6.45, 7) is 2.79. The summed E-state index contributed by atoms with van der Waals surface area (Å²) in [5, 5.41) is 3.33. The van der Waals surface area contributed by atoms with Gasteiger partial charge in [0.05, 0.1) is 11.4 Å². The van der Waals surface area contributed by atoms with Gasteiger partial charge in [-0.15, -0.1) is 0 Å². The molecule has 0 saturated heterocycles. The van der Waals surface area contributed by atoms with Gasteiger partial charge in [0, 0.05) is 26.4 Å². The van der Waals surface area contributed by atoms with Crippen molar-refractivity contribution in [1.82, 2.24) is 10.2 Å². The van der Waals surface area contributed by atoms with Crippen LogP contribution in [0.25, 0.3) is 5.57 Å². The summed E-state index contributed by atoms with van der Waals surface area (Å²) in [7, 11) is -1.41. The molecule has 0 radical (unpaired) electrons. The lowest BCUT2D eigenvalue weighted by molar-refractivity contribution is 0.318. The molecule has 0 fully saturated rings. The highest BCUT2D eigenvalue weighted by molar-refractivity contribution is 7.90. The molecule has 1 N–H and O–H groups in total. The van der Waals surface area contributed by atoms with Gasteiger partial charge in [-0.25, -0.2) is 8.42 Å². The summed E-state index contributed by atoms with van der Waals surface area (Å²) < 4.78 is 28.7. The molecule has 1 heterocycles. The Balaban J connectivity index is 1.46. The highest BCUT2D eigenvalue weighted by atomic mass is 32.2. The van der Waals surface area contributed by atoms with Gasteiger partial charge in [0.25, 0.3) is 0 Å². The van der Waals surface area contributed by atoms with Crippen molar-refractivity contribution in [1.29, 1.82) is 0 Å². The fourth-order valence-corrected chi connectivity index (χ4v) is 3.85. The highest BCUT2D eigenvalue weighted by Crippen LogP contribution is 2.22. The molecule has 0 aliphatic carbocycles. The second-order valence-corrected chi connectivity index (χ2v) is 8.87. The lowest BCUT2D eigenvalue weighted by Gasteiger charge is -2.29. The van der Waals surface area contributed by atoms with Gasteiger partial charge in [-0.05, 0) is 41.8 Å². The topological polar surface area (TPSA) is 71.0 Å². The Bertz CT molecular complexity index is 968. The van der Waals surface area contributed by atoms with Crippen LogP contribution in [-0.2, 0) is 9.84 Å². The maximum absolute atomic E-state index is 11.5. The Morgan fingerprint density at radius 2 is 1.86 bits per heavy atom. The number of hydrogen-bond donors (Lipinski definition) is 1. The van der Waals surface area contributed by atoms with E-state index in [1.165, 1.54) is 17.4 Å². The van der Waals surface area contributed by atoms with E-state index in [1.807, 2.05) is 6.07 Å². The quantitative estimate of drug-likeness (QED) is 0.448. The minimum absolute atomic E-state index is 0.288. The zero-order valence-electron chi connectivity index (χ0n) is 16.8. The first-order valence-electron chi connectivity index (χ1n) is 9.60. The molecule has 1 aliphatic heterocycles. The third-order valence-electron chi connectivity index (χ3n) is 4.77. The van der Waals surface area contributed by atoms with Gasteiger partial charge >= 0.3 is 0 Å². The molecular weight excluding hydrogens is 386 g/mol. The van der Waals surface area contributed by atoms with E-state index in [4.69, 9.17) is 4.74 Å². The van der Waals surface area contributed by atoms with Crippen molar-refractivity contribution in [2.24, 2.45) is 4.99 Å². The first kappa shape index (κ1) is 20.9. The smallest absolute Gasteiger partial charge is 0.194 e. The minimum Gasteiger partial charge on any atom is -0.492 e. The zero-order chi connectivity index (χ0) is 20.7. The van der Waals surface area contributed by atoms with Crippen LogP contribution < -0.4 is 10.1 Å². The minimum atomic E-state index is -3.19. The number of nitrogens with one attached hydrogen (secondary N) is 1. The number of aliphatic imine (C=N–C) groups is 1. The van der Waals surface area contributed by atoms with Gasteiger partial charge in [-0.1, -0.05) is 36.4 Å². The molecule has 1 aliphatic rings. The molecule has 0 spiro atoms. The number of guanidine groups is 1. The highest BCUT2D eigenvalue weighted by Gasteiger charge is 2.16. The molecule has 7 heteroatoms. The van der Waals surface area contributed by atoms with Crippen LogP contribution in [0.3, 0.4) is 0 Å². The molecule has 0 amide bonds. The van der Waals surface area contributed by atoms with Crippen molar-refractivity contribution < 1.29 is 13.2 Å². The first-order chi connectivity index (χ1) is 14.0. The molecule has 2 aromatic carbocycles. The fraction of sp³-hybridized carbons (Fsp3) is 0.318. The molecular formula is C22H27N3O3S. The number of ether oxygens (including phenoxy) is 1. The van der Waals surface area contributed by atoms with Crippen molar-refractivity contribution in [3.05, 3.63) is 66.2 Å². The van der Waals surface area contributed by atoms with Gasteiger partial charge in [-0.3, -0.25) is 4.99 Å². The third-order valence-corrected chi connectivity index (χ3v) is 5.90. The maximum atomic E-state index is 11.5. The molecule has 6 nitrogen and oxygen atoms in total. The summed E-state index contributed by atoms with van der Waals surface area (Å²) in [4.78, 5) is 6.88. The molecule has 0 atom stereocenters. The molecule has 3 rings (SSSR count). The predicted molar refractivity (Wildman–Crippen MR) is 117 cm³/mol. The van der Waals surface area contributed by atoms with E-state index in [0.29, 0.717) is 18.9 Å². The predicted octanol–water partition coefficient (Wildman–Crippen LogP) is 2.83. The van der Waals surface area contributed by atoms with Crippen LogP contribution in [0.5, 0.6) is 5.75 Å². The second-order valence-electron chi connectivity index (χ2n) is 6.86. The molecule has 0 unspecified atom stereocenters. The Morgan fingerprint density at radius 1 is 1.14 bits per heavy atom. The van der Waals surface area contributed by atoms with Crippen LogP contribution >= 0.6 is 0 Å². The summed E-state index contributed by atoms with van der Waals surface area (Å²) in [6, 6.07) is 16.9. The van der Waals surface area contributed by atoms with Crippen molar-refractivity contribution in [3.63, 3.8) is 0 Å². The van der Waals surface area contributed by atoms with E-state index in [9.17, 15) is 8.42 Å². The molecule has 0 bridgehead atoms. The van der Waals surface area contributed by atoms with E-state index in [0.717, 1.165) is 25.5 Å². The SMILES string of the molecule is CN=C(NCCOc1ccc(S(C)(=O)=O)cc1)N1CC=C(c2ccccc2)CC1. The van der Waals surface area contributed by atoms with Crippen LogP contribution in [0.4, 0.5) is 0 Å². The van der Waals surface area contributed by atoms with Crippen LogP contribution in [0, 0.1) is 0 Å². The molecule has 154 valence electrons. The molecule has 0 saturated carbocycles. The Kier molecular flexibility index (Phi) is 6.93. The average molecular weight is 414 g/mol. The normalized spacial score (nSPS) is 15.0. The number of benzene rings is 2. The van der Waals surface area contributed by atoms with E-state index < -0.39 is 9.84 Å². The third kappa shape index (κ3) is 5.84. The molecule has 29 heavy (non-hydrogen) atoms. The standard InChI is InChI=1S/C22H27N3O3S/c1-23-22(25-15-12-19(13-16-25)18-6-4-3-5-7-18)24-14-17-28-20-8-10-21(11-9-20)29(2,26)27/h3-12H,13-17H2,1-2H3,(H,23,24). The van der Waals surface area contributed by atoms with Crippen LogP contribution in [0.15, 0.2) is 70.6 Å². The maximum Gasteiger partial charge on any atom is 0.194 e. The zero-order valence-corrected chi connectivity index (χ0v) is 17.7. The summed E-state index contributed by atoms with van der Waals surface area (Å²) in [5.74, 6) is 1.49. The summed E-state index contributed by atoms with van der Waals surface area (Å²) >= 11 is 0. The first-order valence-corrected chi connectivity index (χ1v) is 11.5. The van der Waals surface area contributed by atoms with Gasteiger partial charge in [-0.2, -0.15) is 0 Å². The fourth-order valence-electron chi connectivity index (χ4n) is 3.22. The number of rotatable bonds is 6. The van der Waals surface area contributed by atoms with Crippen LogP contribution in [0.1, 0.15) is 12.0 Å². The summed E-state index contributed by atoms with van der Waals surface area (Å²) in [6.07, 6.45) is 4.43. The average Bonchev–Trinajstić information content (AvgIpc) is 2.74. The van der Waals surface area contributed by atoms with Crippen molar-refractivity contribution in [2.45, 2.75) is 11.3 Å². The second kappa shape index (κ2) is 9.60. The van der Waals surface area contributed by atoms with E-state index in [2.05, 4.69) is 45.6 Å². The Labute approximate surface area is 172 Å². The van der Waals surface area contributed by atoms with Gasteiger partial charge in [0.1, 0.15) is 12.4 Å². The van der Waals surface area contributed by atoms with Crippen molar-refractivity contribution >= 4 is 21.4 Å². The van der Waals surface area contributed by atoms with E-state index >= 15 is 0 Å². The van der Waals surface area contributed by atoms with Gasteiger partial charge in [0.15, 0.2) is 15.8 Å². The molecule has 0 aromatic heterocycles. The van der Waals surface area contributed by atoms with Crippen molar-refractivity contribution in [3.8, 4) is 5.75 Å². The monoisotopic (exact) mass is 413 g/mol. The lowest BCUT2D eigenvalue weighted by Crippen LogP contribution is -2.44. The largest absolute Gasteiger partial charge is 0.492 e. The number of nitrogens with zero attached hydrogens (tertiary/aromatic N) is 2. The Morgan fingerprint density at radius 3 is 2.45 bits per heavy atom. The van der Waals surface area contributed by atoms with Gasteiger partial charge < -0.3 is 15.0 Å². The van der Waals surface area contributed by atoms with E-state index in [1.54, 1.807) is 31.3 Å². The van der Waals surface area contributed by atoms with Gasteiger partial charge in [0.2, 0.25) is 0 Å². The summed E-state index contributed by atoms with van der Waals surface area (Å²) in [5.41, 5.74) is 2.66. The Hall–Kier alpha value is -2.80. The van der Waals surface area contributed by atoms with E-state index in [-0.39, 0.29) is 4.90 Å². The van der Waals surface area contributed by atoms with Crippen LogP contribution in [0.2, 0.25) is 0 Å².